The van der Waals surface area contributed by atoms with Crippen LogP contribution in [0, 0.1) is 13.8 Å². The highest BCUT2D eigenvalue weighted by Gasteiger charge is 2.13. The molecule has 6 nitrogen and oxygen atoms in total. The van der Waals surface area contributed by atoms with E-state index in [1.165, 1.54) is 0 Å². The highest BCUT2D eigenvalue weighted by Crippen LogP contribution is 2.19. The largest absolute Gasteiger partial charge is 0.486 e. The molecule has 158 valence electrons. The summed E-state index contributed by atoms with van der Waals surface area (Å²) in [5.41, 5.74) is 3.32. The van der Waals surface area contributed by atoms with Gasteiger partial charge in [-0.15, -0.1) is 0 Å². The molecule has 0 spiro atoms. The quantitative estimate of drug-likeness (QED) is 0.408. The van der Waals surface area contributed by atoms with Gasteiger partial charge in [0.15, 0.2) is 11.6 Å². The minimum absolute atomic E-state index is 0.200. The number of carbonyl (C=O) groups excluding carboxylic acids is 1. The number of carbonyl (C=O) groups is 1. The van der Waals surface area contributed by atoms with Crippen molar-refractivity contribution in [2.45, 2.75) is 27.0 Å². The van der Waals surface area contributed by atoms with Gasteiger partial charge < -0.3 is 14.5 Å². The number of nitrogens with zero attached hydrogens (tertiary/aromatic N) is 2. The number of benzene rings is 2. The van der Waals surface area contributed by atoms with Crippen molar-refractivity contribution in [3.63, 3.8) is 0 Å². The van der Waals surface area contributed by atoms with Crippen LogP contribution < -0.4 is 10.1 Å². The molecule has 0 aliphatic rings. The van der Waals surface area contributed by atoms with E-state index in [2.05, 4.69) is 16.5 Å². The molecule has 0 saturated heterocycles. The number of rotatable bonds is 7. The van der Waals surface area contributed by atoms with Crippen molar-refractivity contribution in [1.82, 2.24) is 9.78 Å². The standard InChI is InChI=1S/C24H22ClN3O3/c1-16-11-17(2)13-21(12-16)30-15-20-7-8-22(31-20)24(29)26-23-9-10-28(27-23)14-18-3-5-19(25)6-4-18/h3-13H,14-15H2,1-2H3,(H,26,27,29). The SMILES string of the molecule is Cc1cc(C)cc(OCc2ccc(C(=O)Nc3ccn(Cc4ccc(Cl)cc4)n3)o2)c1. The number of anilines is 1. The summed E-state index contributed by atoms with van der Waals surface area (Å²) in [4.78, 5) is 12.5. The van der Waals surface area contributed by atoms with Crippen molar-refractivity contribution in [3.8, 4) is 5.75 Å². The molecule has 0 aliphatic heterocycles. The Morgan fingerprint density at radius 1 is 1.06 bits per heavy atom. The van der Waals surface area contributed by atoms with Gasteiger partial charge in [-0.3, -0.25) is 9.48 Å². The Balaban J connectivity index is 1.33. The number of hydrogen-bond acceptors (Lipinski definition) is 4. The first-order valence-corrected chi connectivity index (χ1v) is 10.2. The average Bonchev–Trinajstić information content (AvgIpc) is 3.37. The Kier molecular flexibility index (Phi) is 6.09. The molecule has 31 heavy (non-hydrogen) atoms. The Bertz CT molecular complexity index is 1170. The number of aryl methyl sites for hydroxylation is 2. The molecule has 0 aliphatic carbocycles. The van der Waals surface area contributed by atoms with Crippen LogP contribution in [0.15, 0.2) is 71.3 Å². The molecule has 0 fully saturated rings. The van der Waals surface area contributed by atoms with Crippen molar-refractivity contribution >= 4 is 23.3 Å². The van der Waals surface area contributed by atoms with Crippen LogP contribution in [0.5, 0.6) is 5.75 Å². The summed E-state index contributed by atoms with van der Waals surface area (Å²) in [7, 11) is 0. The van der Waals surface area contributed by atoms with E-state index in [1.54, 1.807) is 29.1 Å². The van der Waals surface area contributed by atoms with E-state index in [-0.39, 0.29) is 18.3 Å². The van der Waals surface area contributed by atoms with E-state index in [0.717, 1.165) is 22.4 Å². The maximum atomic E-state index is 12.5. The number of halogens is 1. The monoisotopic (exact) mass is 435 g/mol. The van der Waals surface area contributed by atoms with E-state index in [1.807, 2.05) is 50.2 Å². The van der Waals surface area contributed by atoms with Crippen LogP contribution in [0.4, 0.5) is 5.82 Å². The lowest BCUT2D eigenvalue weighted by atomic mass is 10.1. The zero-order chi connectivity index (χ0) is 21.8. The highest BCUT2D eigenvalue weighted by atomic mass is 35.5. The molecule has 2 heterocycles. The van der Waals surface area contributed by atoms with Gasteiger partial charge in [-0.2, -0.15) is 5.10 Å². The van der Waals surface area contributed by atoms with Gasteiger partial charge in [-0.05, 0) is 66.9 Å². The van der Waals surface area contributed by atoms with Gasteiger partial charge in [-0.1, -0.05) is 29.8 Å². The minimum Gasteiger partial charge on any atom is -0.486 e. The molecule has 2 aromatic heterocycles. The van der Waals surface area contributed by atoms with Crippen molar-refractivity contribution < 1.29 is 13.9 Å². The lowest BCUT2D eigenvalue weighted by Crippen LogP contribution is -2.12. The van der Waals surface area contributed by atoms with Crippen molar-refractivity contribution in [1.29, 1.82) is 0 Å². The smallest absolute Gasteiger partial charge is 0.292 e. The second-order valence-corrected chi connectivity index (χ2v) is 7.79. The van der Waals surface area contributed by atoms with E-state index in [9.17, 15) is 4.79 Å². The first kappa shape index (κ1) is 20.8. The van der Waals surface area contributed by atoms with Gasteiger partial charge in [0, 0.05) is 17.3 Å². The number of aromatic nitrogens is 2. The van der Waals surface area contributed by atoms with Crippen LogP contribution in [0.25, 0.3) is 0 Å². The fourth-order valence-electron chi connectivity index (χ4n) is 3.22. The molecule has 4 rings (SSSR count). The van der Waals surface area contributed by atoms with Gasteiger partial charge in [0.1, 0.15) is 18.1 Å². The second kappa shape index (κ2) is 9.10. The first-order chi connectivity index (χ1) is 14.9. The van der Waals surface area contributed by atoms with Crippen LogP contribution in [0.3, 0.4) is 0 Å². The van der Waals surface area contributed by atoms with Gasteiger partial charge in [0.25, 0.3) is 5.91 Å². The van der Waals surface area contributed by atoms with E-state index < -0.39 is 0 Å². The van der Waals surface area contributed by atoms with Crippen molar-refractivity contribution in [3.05, 3.63) is 100 Å². The summed E-state index contributed by atoms with van der Waals surface area (Å²) in [5, 5.41) is 7.82. The Morgan fingerprint density at radius 2 is 1.81 bits per heavy atom. The molecular formula is C24H22ClN3O3. The van der Waals surface area contributed by atoms with Crippen LogP contribution >= 0.6 is 11.6 Å². The first-order valence-electron chi connectivity index (χ1n) is 9.84. The molecule has 2 aromatic carbocycles. The molecule has 0 radical (unpaired) electrons. The maximum absolute atomic E-state index is 12.5. The predicted molar refractivity (Wildman–Crippen MR) is 120 cm³/mol. The van der Waals surface area contributed by atoms with E-state index in [4.69, 9.17) is 20.8 Å². The van der Waals surface area contributed by atoms with Gasteiger partial charge in [0.05, 0.1) is 6.54 Å². The Morgan fingerprint density at radius 3 is 2.55 bits per heavy atom. The molecule has 1 N–H and O–H groups in total. The Hall–Kier alpha value is -3.51. The molecule has 0 unspecified atom stereocenters. The molecule has 7 heteroatoms. The maximum Gasteiger partial charge on any atom is 0.292 e. The highest BCUT2D eigenvalue weighted by molar-refractivity contribution is 6.30. The van der Waals surface area contributed by atoms with Crippen LogP contribution in [-0.2, 0) is 13.2 Å². The van der Waals surface area contributed by atoms with E-state index in [0.29, 0.717) is 23.1 Å². The lowest BCUT2D eigenvalue weighted by Gasteiger charge is -2.06. The lowest BCUT2D eigenvalue weighted by molar-refractivity contribution is 0.0992. The predicted octanol–water partition coefficient (Wildman–Crippen LogP) is 5.63. The minimum atomic E-state index is -0.366. The molecule has 0 atom stereocenters. The molecule has 4 aromatic rings. The number of amides is 1. The van der Waals surface area contributed by atoms with Gasteiger partial charge >= 0.3 is 0 Å². The zero-order valence-corrected chi connectivity index (χ0v) is 18.0. The second-order valence-electron chi connectivity index (χ2n) is 7.36. The van der Waals surface area contributed by atoms with Crippen molar-refractivity contribution in [2.75, 3.05) is 5.32 Å². The van der Waals surface area contributed by atoms with Crippen LogP contribution in [-0.4, -0.2) is 15.7 Å². The Labute approximate surface area is 185 Å². The summed E-state index contributed by atoms with van der Waals surface area (Å²) in [6.07, 6.45) is 1.80. The summed E-state index contributed by atoms with van der Waals surface area (Å²) < 4.78 is 13.2. The third-order valence-electron chi connectivity index (χ3n) is 4.60. The molecule has 0 saturated carbocycles. The van der Waals surface area contributed by atoms with Gasteiger partial charge in [-0.25, -0.2) is 0 Å². The summed E-state index contributed by atoms with van der Waals surface area (Å²) in [5.74, 6) is 1.62. The molecule has 0 bridgehead atoms. The number of furan rings is 1. The normalized spacial score (nSPS) is 10.8. The topological polar surface area (TPSA) is 69.3 Å². The third-order valence-corrected chi connectivity index (χ3v) is 4.85. The zero-order valence-electron chi connectivity index (χ0n) is 17.3. The summed E-state index contributed by atoms with van der Waals surface area (Å²) in [6, 6.07) is 18.6. The fraction of sp³-hybridized carbons (Fsp3) is 0.167. The number of hydrogen-bond donors (Lipinski definition) is 1. The van der Waals surface area contributed by atoms with E-state index >= 15 is 0 Å². The number of nitrogens with one attached hydrogen (secondary N) is 1. The molecule has 1 amide bonds. The van der Waals surface area contributed by atoms with Crippen LogP contribution in [0.1, 0.15) is 33.0 Å². The molecular weight excluding hydrogens is 414 g/mol. The van der Waals surface area contributed by atoms with Crippen molar-refractivity contribution in [2.24, 2.45) is 0 Å². The summed E-state index contributed by atoms with van der Waals surface area (Å²) >= 11 is 5.91. The third kappa shape index (κ3) is 5.55. The van der Waals surface area contributed by atoms with Gasteiger partial charge in [0.2, 0.25) is 0 Å². The summed E-state index contributed by atoms with van der Waals surface area (Å²) in [6.45, 7) is 4.86. The average molecular weight is 436 g/mol. The number of ether oxygens (including phenoxy) is 1. The fourth-order valence-corrected chi connectivity index (χ4v) is 3.35. The van der Waals surface area contributed by atoms with Crippen LogP contribution in [0.2, 0.25) is 5.02 Å².